The fourth-order valence-electron chi connectivity index (χ4n) is 3.63. The van der Waals surface area contributed by atoms with E-state index in [4.69, 9.17) is 4.74 Å². The van der Waals surface area contributed by atoms with Crippen molar-refractivity contribution in [2.75, 3.05) is 13.7 Å². The Balaban J connectivity index is 3.60. The van der Waals surface area contributed by atoms with Gasteiger partial charge >= 0.3 is 12.1 Å². The Morgan fingerprint density at radius 1 is 1.06 bits per heavy atom. The number of nitrogens with zero attached hydrogens (tertiary/aromatic N) is 1. The van der Waals surface area contributed by atoms with E-state index < -0.39 is 47.1 Å². The van der Waals surface area contributed by atoms with Crippen molar-refractivity contribution in [2.45, 2.75) is 92.0 Å². The molecule has 0 aromatic heterocycles. The topological polar surface area (TPSA) is 114 Å². The van der Waals surface area contributed by atoms with E-state index in [0.717, 1.165) is 5.56 Å². The quantitative estimate of drug-likeness (QED) is 0.466. The molecule has 0 fully saturated rings. The second-order valence-corrected chi connectivity index (χ2v) is 10.9. The summed E-state index contributed by atoms with van der Waals surface area (Å²) in [6.07, 6.45) is -0.186. The number of methoxy groups -OCH3 is 1. The van der Waals surface area contributed by atoms with Crippen LogP contribution in [0.25, 0.3) is 0 Å². The third-order valence-corrected chi connectivity index (χ3v) is 5.86. The molecule has 1 aromatic rings. The minimum absolute atomic E-state index is 0.295. The van der Waals surface area contributed by atoms with Crippen molar-refractivity contribution in [3.63, 3.8) is 0 Å². The van der Waals surface area contributed by atoms with Gasteiger partial charge in [0.05, 0.1) is 7.11 Å². The standard InChI is InChI=1S/C27H43N3O6/c1-11-27(8,9)30(24(33)21(17(2)3)29-25(34)36-26(5,6)7)22(19-14-12-13-18(4)15-19)23(32)28-16-20(31)35-10/h12-15,17,21-22H,11,16H2,1-10H3,(H,28,32)(H,29,34). The van der Waals surface area contributed by atoms with Crippen molar-refractivity contribution in [1.29, 1.82) is 0 Å². The van der Waals surface area contributed by atoms with E-state index in [2.05, 4.69) is 15.4 Å². The van der Waals surface area contributed by atoms with Crippen molar-refractivity contribution in [3.8, 4) is 0 Å². The molecular formula is C27H43N3O6. The summed E-state index contributed by atoms with van der Waals surface area (Å²) in [7, 11) is 1.23. The first-order valence-corrected chi connectivity index (χ1v) is 12.3. The van der Waals surface area contributed by atoms with Gasteiger partial charge in [0.15, 0.2) is 0 Å². The van der Waals surface area contributed by atoms with Crippen molar-refractivity contribution in [1.82, 2.24) is 15.5 Å². The molecular weight excluding hydrogens is 462 g/mol. The van der Waals surface area contributed by atoms with Gasteiger partial charge in [-0.25, -0.2) is 4.79 Å². The minimum Gasteiger partial charge on any atom is -0.468 e. The third kappa shape index (κ3) is 8.84. The minimum atomic E-state index is -1.06. The Labute approximate surface area is 215 Å². The van der Waals surface area contributed by atoms with Crippen molar-refractivity contribution in [2.24, 2.45) is 5.92 Å². The molecule has 0 radical (unpaired) electrons. The molecule has 0 saturated carbocycles. The molecule has 2 atom stereocenters. The molecule has 3 amide bonds. The van der Waals surface area contributed by atoms with Crippen molar-refractivity contribution >= 4 is 23.9 Å². The van der Waals surface area contributed by atoms with Gasteiger partial charge in [0.1, 0.15) is 24.2 Å². The Morgan fingerprint density at radius 3 is 2.14 bits per heavy atom. The van der Waals surface area contributed by atoms with Gasteiger partial charge in [0.25, 0.3) is 0 Å². The first-order chi connectivity index (χ1) is 16.5. The molecule has 36 heavy (non-hydrogen) atoms. The number of ether oxygens (including phenoxy) is 2. The van der Waals surface area contributed by atoms with E-state index >= 15 is 0 Å². The number of carbonyl (C=O) groups is 4. The number of hydrogen-bond acceptors (Lipinski definition) is 6. The largest absolute Gasteiger partial charge is 0.468 e. The number of alkyl carbamates (subject to hydrolysis) is 1. The molecule has 9 heteroatoms. The fourth-order valence-corrected chi connectivity index (χ4v) is 3.63. The molecule has 0 heterocycles. The van der Waals surface area contributed by atoms with Gasteiger partial charge in [0.2, 0.25) is 11.8 Å². The second-order valence-electron chi connectivity index (χ2n) is 10.9. The number of rotatable bonds is 10. The van der Waals surface area contributed by atoms with Crippen LogP contribution in [0.15, 0.2) is 24.3 Å². The molecule has 2 N–H and O–H groups in total. The van der Waals surface area contributed by atoms with Crippen LogP contribution in [-0.2, 0) is 23.9 Å². The van der Waals surface area contributed by atoms with Crippen molar-refractivity contribution < 1.29 is 28.7 Å². The highest BCUT2D eigenvalue weighted by atomic mass is 16.6. The van der Waals surface area contributed by atoms with Gasteiger partial charge in [-0.2, -0.15) is 0 Å². The Hall–Kier alpha value is -3.10. The molecule has 0 aliphatic rings. The number of benzene rings is 1. The zero-order valence-corrected chi connectivity index (χ0v) is 23.4. The van der Waals surface area contributed by atoms with Gasteiger partial charge in [-0.15, -0.1) is 0 Å². The van der Waals surface area contributed by atoms with Gasteiger partial charge in [-0.05, 0) is 59.4 Å². The molecule has 0 aliphatic carbocycles. The number of hydrogen-bond donors (Lipinski definition) is 2. The molecule has 9 nitrogen and oxygen atoms in total. The fraction of sp³-hybridized carbons (Fsp3) is 0.630. The predicted molar refractivity (Wildman–Crippen MR) is 138 cm³/mol. The number of nitrogens with one attached hydrogen (secondary N) is 2. The van der Waals surface area contributed by atoms with Gasteiger partial charge in [-0.1, -0.05) is 50.6 Å². The molecule has 1 rings (SSSR count). The number of aryl methyl sites for hydroxylation is 1. The molecule has 0 aliphatic heterocycles. The Bertz CT molecular complexity index is 936. The Kier molecular flexibility index (Phi) is 10.9. The molecule has 202 valence electrons. The first kappa shape index (κ1) is 30.9. The van der Waals surface area contributed by atoms with Crippen LogP contribution in [0.3, 0.4) is 0 Å². The lowest BCUT2D eigenvalue weighted by Crippen LogP contribution is -2.60. The molecule has 2 unspecified atom stereocenters. The van der Waals surface area contributed by atoms with E-state index in [1.807, 2.05) is 59.7 Å². The molecule has 0 bridgehead atoms. The maximum absolute atomic E-state index is 14.2. The first-order valence-electron chi connectivity index (χ1n) is 12.3. The van der Waals surface area contributed by atoms with Gasteiger partial charge in [0, 0.05) is 5.54 Å². The number of carbonyl (C=O) groups excluding carboxylic acids is 4. The van der Waals surface area contributed by atoms with Gasteiger partial charge in [-0.3, -0.25) is 14.4 Å². The van der Waals surface area contributed by atoms with Crippen LogP contribution < -0.4 is 10.6 Å². The lowest BCUT2D eigenvalue weighted by molar-refractivity contribution is -0.151. The normalized spacial score (nSPS) is 13.4. The van der Waals surface area contributed by atoms with Crippen LogP contribution in [0.5, 0.6) is 0 Å². The van der Waals surface area contributed by atoms with Crippen LogP contribution in [0.4, 0.5) is 4.79 Å². The summed E-state index contributed by atoms with van der Waals surface area (Å²) in [6, 6.07) is 5.30. The number of esters is 1. The molecule has 0 spiro atoms. The summed E-state index contributed by atoms with van der Waals surface area (Å²) in [5, 5.41) is 5.31. The highest BCUT2D eigenvalue weighted by molar-refractivity contribution is 5.93. The van der Waals surface area contributed by atoms with E-state index in [9.17, 15) is 19.2 Å². The Morgan fingerprint density at radius 2 is 1.67 bits per heavy atom. The monoisotopic (exact) mass is 505 g/mol. The van der Waals surface area contributed by atoms with E-state index in [1.54, 1.807) is 26.8 Å². The van der Waals surface area contributed by atoms with E-state index in [0.29, 0.717) is 12.0 Å². The zero-order valence-electron chi connectivity index (χ0n) is 23.4. The smallest absolute Gasteiger partial charge is 0.408 e. The highest BCUT2D eigenvalue weighted by Crippen LogP contribution is 2.33. The maximum atomic E-state index is 14.2. The van der Waals surface area contributed by atoms with Gasteiger partial charge < -0.3 is 25.0 Å². The van der Waals surface area contributed by atoms with Crippen molar-refractivity contribution in [3.05, 3.63) is 35.4 Å². The SMILES string of the molecule is CCC(C)(C)N(C(=O)C(NC(=O)OC(C)(C)C)C(C)C)C(C(=O)NCC(=O)OC)c1cccc(C)c1. The summed E-state index contributed by atoms with van der Waals surface area (Å²) in [5.41, 5.74) is -0.0227. The summed E-state index contributed by atoms with van der Waals surface area (Å²) in [4.78, 5) is 53.6. The molecule has 0 saturated heterocycles. The second kappa shape index (κ2) is 12.7. The van der Waals surface area contributed by atoms with Crippen LogP contribution in [0.2, 0.25) is 0 Å². The predicted octanol–water partition coefficient (Wildman–Crippen LogP) is 3.89. The van der Waals surface area contributed by atoms with E-state index in [1.165, 1.54) is 12.0 Å². The van der Waals surface area contributed by atoms with E-state index in [-0.39, 0.29) is 12.5 Å². The average Bonchev–Trinajstić information content (AvgIpc) is 2.77. The lowest BCUT2D eigenvalue weighted by Gasteiger charge is -2.45. The van der Waals surface area contributed by atoms with Crippen LogP contribution in [0, 0.1) is 12.8 Å². The maximum Gasteiger partial charge on any atom is 0.408 e. The number of amides is 3. The highest BCUT2D eigenvalue weighted by Gasteiger charge is 2.44. The van der Waals surface area contributed by atoms with Crippen LogP contribution in [-0.4, -0.2) is 59.6 Å². The summed E-state index contributed by atoms with van der Waals surface area (Å²) < 4.78 is 10.1. The van der Waals surface area contributed by atoms with Crippen LogP contribution >= 0.6 is 0 Å². The third-order valence-electron chi connectivity index (χ3n) is 5.86. The zero-order chi connectivity index (χ0) is 27.8. The molecule has 1 aromatic carbocycles. The average molecular weight is 506 g/mol. The summed E-state index contributed by atoms with van der Waals surface area (Å²) >= 11 is 0. The summed E-state index contributed by atoms with van der Waals surface area (Å²) in [5.74, 6) is -1.86. The summed E-state index contributed by atoms with van der Waals surface area (Å²) in [6.45, 7) is 16.1. The van der Waals surface area contributed by atoms with Crippen LogP contribution in [0.1, 0.15) is 79.0 Å². The lowest BCUT2D eigenvalue weighted by atomic mass is 9.90.